The Balaban J connectivity index is 0.000000880. The fraction of sp³-hybridized carbons (Fsp3) is 0.474. The third-order valence-corrected chi connectivity index (χ3v) is 4.74. The average molecular weight is 360 g/mol. The van der Waals surface area contributed by atoms with Crippen LogP contribution in [0.1, 0.15) is 38.6 Å². The molecule has 0 amide bonds. The maximum atomic E-state index is 6.39. The molecular weight excluding hydrogens is 334 g/mol. The number of rotatable bonds is 2. The van der Waals surface area contributed by atoms with Gasteiger partial charge in [-0.15, -0.1) is 0 Å². The summed E-state index contributed by atoms with van der Waals surface area (Å²) in [4.78, 5) is 14.9. The molecule has 1 fully saturated rings. The molecular formula is C19H26ClN5. The molecule has 5 nitrogen and oxygen atoms in total. The molecule has 0 radical (unpaired) electrons. The molecule has 2 aliphatic rings. The van der Waals surface area contributed by atoms with Crippen molar-refractivity contribution in [3.05, 3.63) is 34.7 Å². The predicted molar refractivity (Wildman–Crippen MR) is 105 cm³/mol. The minimum atomic E-state index is 0.464. The Kier molecular flexibility index (Phi) is 5.76. The van der Waals surface area contributed by atoms with Crippen molar-refractivity contribution in [1.82, 2.24) is 20.3 Å². The molecule has 2 N–H and O–H groups in total. The Morgan fingerprint density at radius 2 is 2.16 bits per heavy atom. The first-order chi connectivity index (χ1) is 12.2. The number of nitrogens with one attached hydrogen (secondary N) is 2. The quantitative estimate of drug-likeness (QED) is 0.853. The van der Waals surface area contributed by atoms with Crippen LogP contribution in [0, 0.1) is 0 Å². The van der Waals surface area contributed by atoms with Crippen molar-refractivity contribution in [2.75, 3.05) is 24.5 Å². The fourth-order valence-electron chi connectivity index (χ4n) is 3.22. The second kappa shape index (κ2) is 8.02. The smallest absolute Gasteiger partial charge is 0.139 e. The first-order valence-corrected chi connectivity index (χ1v) is 9.48. The zero-order chi connectivity index (χ0) is 17.8. The SMILES string of the molecule is CC.CC1CN(c2cc(-c3nc4c([nH]3)CCC=C4)c(Cl)cn2)CCN1. The Bertz CT molecular complexity index is 752. The maximum Gasteiger partial charge on any atom is 0.139 e. The number of piperazine rings is 1. The van der Waals surface area contributed by atoms with Crippen molar-refractivity contribution < 1.29 is 0 Å². The van der Waals surface area contributed by atoms with E-state index < -0.39 is 0 Å². The van der Waals surface area contributed by atoms with Gasteiger partial charge in [-0.25, -0.2) is 9.97 Å². The van der Waals surface area contributed by atoms with Crippen molar-refractivity contribution in [3.8, 4) is 11.4 Å². The highest BCUT2D eigenvalue weighted by Crippen LogP contribution is 2.31. The summed E-state index contributed by atoms with van der Waals surface area (Å²) in [5, 5.41) is 4.08. The highest BCUT2D eigenvalue weighted by Gasteiger charge is 2.20. The molecule has 0 aromatic carbocycles. The van der Waals surface area contributed by atoms with Crippen LogP contribution in [-0.4, -0.2) is 40.6 Å². The van der Waals surface area contributed by atoms with Crippen LogP contribution in [0.25, 0.3) is 17.5 Å². The first-order valence-electron chi connectivity index (χ1n) is 9.10. The van der Waals surface area contributed by atoms with E-state index >= 15 is 0 Å². The zero-order valence-corrected chi connectivity index (χ0v) is 15.9. The Hall–Kier alpha value is -1.85. The van der Waals surface area contributed by atoms with Crippen LogP contribution >= 0.6 is 11.6 Å². The van der Waals surface area contributed by atoms with Crippen molar-refractivity contribution in [3.63, 3.8) is 0 Å². The Morgan fingerprint density at radius 1 is 1.32 bits per heavy atom. The molecule has 0 bridgehead atoms. The lowest BCUT2D eigenvalue weighted by atomic mass is 10.1. The van der Waals surface area contributed by atoms with E-state index in [0.29, 0.717) is 11.1 Å². The minimum absolute atomic E-state index is 0.464. The number of halogens is 1. The molecule has 1 unspecified atom stereocenters. The van der Waals surface area contributed by atoms with Gasteiger partial charge >= 0.3 is 0 Å². The summed E-state index contributed by atoms with van der Waals surface area (Å²) in [7, 11) is 0. The third kappa shape index (κ3) is 3.88. The van der Waals surface area contributed by atoms with E-state index in [-0.39, 0.29) is 0 Å². The van der Waals surface area contributed by atoms with E-state index in [4.69, 9.17) is 16.6 Å². The van der Waals surface area contributed by atoms with Gasteiger partial charge in [-0.2, -0.15) is 0 Å². The van der Waals surface area contributed by atoms with Crippen LogP contribution < -0.4 is 10.2 Å². The number of aromatic amines is 1. The summed E-state index contributed by atoms with van der Waals surface area (Å²) in [6.07, 6.45) is 8.03. The molecule has 0 saturated carbocycles. The lowest BCUT2D eigenvalue weighted by Crippen LogP contribution is -2.49. The van der Waals surface area contributed by atoms with Gasteiger partial charge in [0.25, 0.3) is 0 Å². The Labute approximate surface area is 154 Å². The lowest BCUT2D eigenvalue weighted by molar-refractivity contribution is 0.482. The van der Waals surface area contributed by atoms with Gasteiger partial charge in [0.1, 0.15) is 11.6 Å². The highest BCUT2D eigenvalue weighted by atomic mass is 35.5. The number of aryl methyl sites for hydroxylation is 1. The molecule has 25 heavy (non-hydrogen) atoms. The highest BCUT2D eigenvalue weighted by molar-refractivity contribution is 6.33. The average Bonchev–Trinajstić information content (AvgIpc) is 3.07. The predicted octanol–water partition coefficient (Wildman–Crippen LogP) is 3.91. The van der Waals surface area contributed by atoms with Gasteiger partial charge in [0, 0.05) is 43.1 Å². The fourth-order valence-corrected chi connectivity index (χ4v) is 3.42. The number of hydrogen-bond donors (Lipinski definition) is 2. The number of hydrogen-bond acceptors (Lipinski definition) is 4. The van der Waals surface area contributed by atoms with Crippen molar-refractivity contribution >= 4 is 23.5 Å². The number of H-pyrrole nitrogens is 1. The molecule has 0 spiro atoms. The van der Waals surface area contributed by atoms with Gasteiger partial charge in [-0.05, 0) is 31.9 Å². The van der Waals surface area contributed by atoms with Gasteiger partial charge in [-0.3, -0.25) is 0 Å². The summed E-state index contributed by atoms with van der Waals surface area (Å²) in [5.74, 6) is 1.79. The second-order valence-corrected chi connectivity index (χ2v) is 6.62. The van der Waals surface area contributed by atoms with E-state index in [1.165, 1.54) is 5.69 Å². The van der Waals surface area contributed by atoms with Gasteiger partial charge in [-0.1, -0.05) is 31.5 Å². The van der Waals surface area contributed by atoms with Crippen LogP contribution in [-0.2, 0) is 6.42 Å². The molecule has 134 valence electrons. The summed E-state index contributed by atoms with van der Waals surface area (Å²) in [5.41, 5.74) is 3.13. The molecule has 6 heteroatoms. The van der Waals surface area contributed by atoms with Crippen LogP contribution in [0.15, 0.2) is 18.3 Å². The molecule has 3 heterocycles. The number of pyridine rings is 1. The number of nitrogens with zero attached hydrogens (tertiary/aromatic N) is 3. The van der Waals surface area contributed by atoms with Crippen LogP contribution in [0.3, 0.4) is 0 Å². The molecule has 4 rings (SSSR count). The standard InChI is InChI=1S/C17H20ClN5.C2H6/c1-11-10-23(7-6-19-11)16-8-12(13(18)9-20-16)17-21-14-4-2-3-5-15(14)22-17;1-2/h2,4,8-9,11,19H,3,5-7,10H2,1H3,(H,21,22);1-2H3. The van der Waals surface area contributed by atoms with Gasteiger partial charge < -0.3 is 15.2 Å². The number of allylic oxidation sites excluding steroid dienone is 1. The largest absolute Gasteiger partial charge is 0.354 e. The van der Waals surface area contributed by atoms with Crippen molar-refractivity contribution in [2.45, 2.75) is 39.7 Å². The van der Waals surface area contributed by atoms with E-state index in [0.717, 1.165) is 55.4 Å². The first kappa shape index (κ1) is 18.0. The number of imidazole rings is 1. The number of fused-ring (bicyclic) bond motifs is 1. The molecule has 1 atom stereocenters. The lowest BCUT2D eigenvalue weighted by Gasteiger charge is -2.32. The van der Waals surface area contributed by atoms with Gasteiger partial charge in [0.15, 0.2) is 0 Å². The molecule has 1 aliphatic heterocycles. The zero-order valence-electron chi connectivity index (χ0n) is 15.1. The number of aromatic nitrogens is 3. The van der Waals surface area contributed by atoms with E-state index in [1.54, 1.807) is 6.20 Å². The van der Waals surface area contributed by atoms with Gasteiger partial charge in [0.05, 0.1) is 10.7 Å². The monoisotopic (exact) mass is 359 g/mol. The minimum Gasteiger partial charge on any atom is -0.354 e. The summed E-state index contributed by atoms with van der Waals surface area (Å²) in [6.45, 7) is 9.07. The maximum absolute atomic E-state index is 6.39. The van der Waals surface area contributed by atoms with Gasteiger partial charge in [0.2, 0.25) is 0 Å². The van der Waals surface area contributed by atoms with E-state index in [1.807, 2.05) is 19.9 Å². The van der Waals surface area contributed by atoms with E-state index in [9.17, 15) is 0 Å². The molecule has 1 aliphatic carbocycles. The second-order valence-electron chi connectivity index (χ2n) is 6.21. The number of anilines is 1. The third-order valence-electron chi connectivity index (χ3n) is 4.44. The van der Waals surface area contributed by atoms with Crippen LogP contribution in [0.5, 0.6) is 0 Å². The van der Waals surface area contributed by atoms with Crippen LogP contribution in [0.4, 0.5) is 5.82 Å². The summed E-state index contributed by atoms with van der Waals surface area (Å²) < 4.78 is 0. The van der Waals surface area contributed by atoms with Crippen LogP contribution in [0.2, 0.25) is 5.02 Å². The topological polar surface area (TPSA) is 56.8 Å². The van der Waals surface area contributed by atoms with Crippen molar-refractivity contribution in [1.29, 1.82) is 0 Å². The molecule has 2 aromatic rings. The van der Waals surface area contributed by atoms with Crippen molar-refractivity contribution in [2.24, 2.45) is 0 Å². The molecule has 1 saturated heterocycles. The summed E-state index contributed by atoms with van der Waals surface area (Å²) >= 11 is 6.39. The normalized spacial score (nSPS) is 19.2. The Morgan fingerprint density at radius 3 is 2.92 bits per heavy atom. The molecule has 2 aromatic heterocycles. The summed E-state index contributed by atoms with van der Waals surface area (Å²) in [6, 6.07) is 2.51. The van der Waals surface area contributed by atoms with E-state index in [2.05, 4.69) is 39.3 Å².